The Bertz CT molecular complexity index is 428. The second-order valence-electron chi connectivity index (χ2n) is 2.96. The zero-order chi connectivity index (χ0) is 9.97. The first-order valence-corrected chi connectivity index (χ1v) is 4.54. The lowest BCUT2D eigenvalue weighted by molar-refractivity contribution is 0.0950. The van der Waals surface area contributed by atoms with Crippen molar-refractivity contribution >= 4 is 11.4 Å². The minimum absolute atomic E-state index is 0.129. The number of hydrogen-bond donors (Lipinski definition) is 1. The Kier molecular flexibility index (Phi) is 2.18. The fraction of sp³-hybridized carbons (Fsp3) is 0.200. The van der Waals surface area contributed by atoms with Gasteiger partial charge in [0, 0.05) is 12.7 Å². The maximum Gasteiger partial charge on any atom is 0.271 e. The maximum atomic E-state index is 11.4. The summed E-state index contributed by atoms with van der Waals surface area (Å²) in [5.41, 5.74) is 1.38. The Morgan fingerprint density at radius 2 is 2.43 bits per heavy atom. The molecule has 0 unspecified atom stereocenters. The van der Waals surface area contributed by atoms with E-state index in [1.807, 2.05) is 31.3 Å². The first-order chi connectivity index (χ1) is 6.81. The van der Waals surface area contributed by atoms with Gasteiger partial charge < -0.3 is 5.32 Å². The average Bonchev–Trinajstić information content (AvgIpc) is 2.61. The van der Waals surface area contributed by atoms with Crippen molar-refractivity contribution in [2.75, 3.05) is 6.54 Å². The van der Waals surface area contributed by atoms with Crippen molar-refractivity contribution in [2.24, 2.45) is 0 Å². The average molecular weight is 189 g/mol. The minimum Gasteiger partial charge on any atom is -0.351 e. The van der Waals surface area contributed by atoms with Gasteiger partial charge in [0.25, 0.3) is 5.91 Å². The van der Waals surface area contributed by atoms with Gasteiger partial charge in [0.1, 0.15) is 0 Å². The molecule has 14 heavy (non-hydrogen) atoms. The molecule has 0 aliphatic heterocycles. The van der Waals surface area contributed by atoms with Crippen LogP contribution in [0.1, 0.15) is 17.4 Å². The lowest BCUT2D eigenvalue weighted by Crippen LogP contribution is -2.23. The van der Waals surface area contributed by atoms with E-state index < -0.39 is 0 Å². The zero-order valence-corrected chi connectivity index (χ0v) is 7.90. The van der Waals surface area contributed by atoms with Gasteiger partial charge in [-0.25, -0.2) is 4.52 Å². The number of nitrogens with zero attached hydrogens (tertiary/aromatic N) is 2. The predicted molar refractivity (Wildman–Crippen MR) is 53.2 cm³/mol. The van der Waals surface area contributed by atoms with E-state index in [9.17, 15) is 4.79 Å². The number of rotatable bonds is 2. The number of hydrogen-bond acceptors (Lipinski definition) is 2. The molecule has 0 aliphatic rings. The van der Waals surface area contributed by atoms with Crippen LogP contribution in [0.25, 0.3) is 5.52 Å². The number of carbonyl (C=O) groups is 1. The van der Waals surface area contributed by atoms with Crippen molar-refractivity contribution in [2.45, 2.75) is 6.92 Å². The van der Waals surface area contributed by atoms with Gasteiger partial charge >= 0.3 is 0 Å². The van der Waals surface area contributed by atoms with Crippen molar-refractivity contribution in [1.82, 2.24) is 14.9 Å². The summed E-state index contributed by atoms with van der Waals surface area (Å²) in [6.07, 6.45) is 1.82. The SMILES string of the molecule is CCNC(=O)c1cc2ccccn2n1. The highest BCUT2D eigenvalue weighted by Gasteiger charge is 2.08. The summed E-state index contributed by atoms with van der Waals surface area (Å²) < 4.78 is 1.69. The number of nitrogens with one attached hydrogen (secondary N) is 1. The number of pyridine rings is 1. The summed E-state index contributed by atoms with van der Waals surface area (Å²) in [5, 5.41) is 6.84. The van der Waals surface area contributed by atoms with Gasteiger partial charge in [0.2, 0.25) is 0 Å². The molecule has 0 saturated carbocycles. The number of amides is 1. The van der Waals surface area contributed by atoms with E-state index in [0.717, 1.165) is 5.52 Å². The molecule has 0 fully saturated rings. The Labute approximate surface area is 81.5 Å². The molecule has 0 bridgehead atoms. The van der Waals surface area contributed by atoms with Crippen molar-refractivity contribution in [1.29, 1.82) is 0 Å². The van der Waals surface area contributed by atoms with Gasteiger partial charge in [-0.1, -0.05) is 6.07 Å². The van der Waals surface area contributed by atoms with Gasteiger partial charge in [-0.15, -0.1) is 0 Å². The Morgan fingerprint density at radius 1 is 1.57 bits per heavy atom. The van der Waals surface area contributed by atoms with Crippen LogP contribution in [0, 0.1) is 0 Å². The van der Waals surface area contributed by atoms with E-state index in [4.69, 9.17) is 0 Å². The highest BCUT2D eigenvalue weighted by atomic mass is 16.1. The molecule has 0 aliphatic carbocycles. The van der Waals surface area contributed by atoms with E-state index in [1.165, 1.54) is 0 Å². The molecule has 0 spiro atoms. The molecule has 72 valence electrons. The lowest BCUT2D eigenvalue weighted by atomic mass is 10.3. The quantitative estimate of drug-likeness (QED) is 0.768. The van der Waals surface area contributed by atoms with Crippen LogP contribution in [0.2, 0.25) is 0 Å². The van der Waals surface area contributed by atoms with Gasteiger partial charge in [-0.2, -0.15) is 5.10 Å². The number of carbonyl (C=O) groups excluding carboxylic acids is 1. The number of aromatic nitrogens is 2. The second-order valence-corrected chi connectivity index (χ2v) is 2.96. The van der Waals surface area contributed by atoms with Crippen molar-refractivity contribution in [3.63, 3.8) is 0 Å². The third-order valence-electron chi connectivity index (χ3n) is 1.94. The summed E-state index contributed by atoms with van der Waals surface area (Å²) >= 11 is 0. The Balaban J connectivity index is 2.40. The zero-order valence-electron chi connectivity index (χ0n) is 7.90. The van der Waals surface area contributed by atoms with E-state index in [-0.39, 0.29) is 5.91 Å². The molecule has 4 heteroatoms. The molecule has 0 saturated heterocycles. The minimum atomic E-state index is -0.129. The van der Waals surface area contributed by atoms with Crippen LogP contribution in [0.3, 0.4) is 0 Å². The third-order valence-corrected chi connectivity index (χ3v) is 1.94. The van der Waals surface area contributed by atoms with Crippen LogP contribution >= 0.6 is 0 Å². The Hall–Kier alpha value is -1.84. The third kappa shape index (κ3) is 1.46. The first kappa shape index (κ1) is 8.74. The van der Waals surface area contributed by atoms with Crippen LogP contribution in [0.15, 0.2) is 30.5 Å². The van der Waals surface area contributed by atoms with Crippen molar-refractivity contribution in [3.8, 4) is 0 Å². The van der Waals surface area contributed by atoms with E-state index in [2.05, 4.69) is 10.4 Å². The molecular weight excluding hydrogens is 178 g/mol. The normalized spacial score (nSPS) is 10.4. The van der Waals surface area contributed by atoms with Crippen molar-refractivity contribution in [3.05, 3.63) is 36.2 Å². The summed E-state index contributed by atoms with van der Waals surface area (Å²) in [6.45, 7) is 2.50. The fourth-order valence-corrected chi connectivity index (χ4v) is 1.30. The topological polar surface area (TPSA) is 46.4 Å². The molecule has 2 aromatic rings. The summed E-state index contributed by atoms with van der Waals surface area (Å²) in [7, 11) is 0. The predicted octanol–water partition coefficient (Wildman–Crippen LogP) is 1.08. The smallest absolute Gasteiger partial charge is 0.271 e. The first-order valence-electron chi connectivity index (χ1n) is 4.54. The summed E-state index contributed by atoms with van der Waals surface area (Å²) in [6, 6.07) is 7.47. The van der Waals surface area contributed by atoms with Gasteiger partial charge in [-0.3, -0.25) is 4.79 Å². The van der Waals surface area contributed by atoms with Gasteiger partial charge in [0.15, 0.2) is 5.69 Å². The highest BCUT2D eigenvalue weighted by molar-refractivity contribution is 5.93. The standard InChI is InChI=1S/C10H11N3O/c1-2-11-10(14)9-7-8-5-3-4-6-13(8)12-9/h3-7H,2H2,1H3,(H,11,14). The van der Waals surface area contributed by atoms with E-state index in [1.54, 1.807) is 10.6 Å². The van der Waals surface area contributed by atoms with Crippen molar-refractivity contribution < 1.29 is 4.79 Å². The van der Waals surface area contributed by atoms with Crippen LogP contribution in [0.4, 0.5) is 0 Å². The second kappa shape index (κ2) is 3.49. The van der Waals surface area contributed by atoms with Gasteiger partial charge in [-0.05, 0) is 25.1 Å². The maximum absolute atomic E-state index is 11.4. The molecule has 1 amide bonds. The molecule has 0 radical (unpaired) electrons. The molecular formula is C10H11N3O. The van der Waals surface area contributed by atoms with Crippen LogP contribution in [0.5, 0.6) is 0 Å². The summed E-state index contributed by atoms with van der Waals surface area (Å²) in [5.74, 6) is -0.129. The molecule has 4 nitrogen and oxygen atoms in total. The molecule has 2 rings (SSSR count). The highest BCUT2D eigenvalue weighted by Crippen LogP contribution is 2.05. The number of fused-ring (bicyclic) bond motifs is 1. The van der Waals surface area contributed by atoms with E-state index >= 15 is 0 Å². The fourth-order valence-electron chi connectivity index (χ4n) is 1.30. The monoisotopic (exact) mass is 189 g/mol. The molecule has 0 atom stereocenters. The summed E-state index contributed by atoms with van der Waals surface area (Å²) in [4.78, 5) is 11.4. The van der Waals surface area contributed by atoms with Crippen LogP contribution in [-0.2, 0) is 0 Å². The molecule has 0 aromatic carbocycles. The largest absolute Gasteiger partial charge is 0.351 e. The van der Waals surface area contributed by atoms with Gasteiger partial charge in [0.05, 0.1) is 5.52 Å². The molecule has 2 aromatic heterocycles. The Morgan fingerprint density at radius 3 is 3.14 bits per heavy atom. The van der Waals surface area contributed by atoms with E-state index in [0.29, 0.717) is 12.2 Å². The van der Waals surface area contributed by atoms with Crippen LogP contribution < -0.4 is 5.32 Å². The molecule has 2 heterocycles. The lowest BCUT2D eigenvalue weighted by Gasteiger charge is -1.95. The van der Waals surface area contributed by atoms with Crippen LogP contribution in [-0.4, -0.2) is 22.1 Å². The molecule has 1 N–H and O–H groups in total.